The van der Waals surface area contributed by atoms with E-state index in [0.29, 0.717) is 6.54 Å². The molecule has 0 bridgehead atoms. The Labute approximate surface area is 92.0 Å². The largest absolute Gasteiger partial charge is 0.344 e. The fraction of sp³-hybridized carbons (Fsp3) is 0.818. The third kappa shape index (κ3) is 4.32. The number of carbonyl (C=O) groups excluding carboxylic acids is 2. The number of likely N-dealkylation sites (N-methyl/N-ethyl adjacent to an activating group) is 1. The van der Waals surface area contributed by atoms with Crippen LogP contribution in [0, 0.1) is 5.41 Å². The van der Waals surface area contributed by atoms with E-state index in [1.165, 1.54) is 0 Å². The highest BCUT2D eigenvalue weighted by atomic mass is 16.2. The number of amides is 2. The molecule has 0 aliphatic heterocycles. The number of hydrogen-bond acceptors (Lipinski definition) is 2. The van der Waals surface area contributed by atoms with Crippen LogP contribution in [0.15, 0.2) is 0 Å². The van der Waals surface area contributed by atoms with E-state index in [1.54, 1.807) is 18.9 Å². The fourth-order valence-electron chi connectivity index (χ4n) is 0.961. The molecule has 2 amide bonds. The molecule has 1 unspecified atom stereocenters. The van der Waals surface area contributed by atoms with E-state index in [0.717, 1.165) is 0 Å². The Bertz CT molecular complexity index is 243. The number of rotatable bonds is 3. The molecule has 0 spiro atoms. The van der Waals surface area contributed by atoms with Crippen LogP contribution in [0.3, 0.4) is 0 Å². The van der Waals surface area contributed by atoms with Crippen molar-refractivity contribution in [1.29, 1.82) is 0 Å². The molecule has 0 radical (unpaired) electrons. The Morgan fingerprint density at radius 2 is 1.80 bits per heavy atom. The SMILES string of the molecule is CCN(C)C(=O)C(C)NC(=O)C(C)(C)C. The molecular weight excluding hydrogens is 192 g/mol. The molecule has 0 aliphatic carbocycles. The average Bonchev–Trinajstić information content (AvgIpc) is 2.13. The molecule has 4 nitrogen and oxygen atoms in total. The van der Waals surface area contributed by atoms with Gasteiger partial charge in [0.15, 0.2) is 0 Å². The van der Waals surface area contributed by atoms with Crippen molar-refractivity contribution in [2.45, 2.75) is 40.7 Å². The molecule has 0 aliphatic rings. The quantitative estimate of drug-likeness (QED) is 0.762. The predicted octanol–water partition coefficient (Wildman–Crippen LogP) is 1.02. The van der Waals surface area contributed by atoms with Crippen LogP contribution in [-0.4, -0.2) is 36.3 Å². The molecule has 1 N–H and O–H groups in total. The summed E-state index contributed by atoms with van der Waals surface area (Å²) < 4.78 is 0. The van der Waals surface area contributed by atoms with Gasteiger partial charge >= 0.3 is 0 Å². The minimum atomic E-state index is -0.459. The Balaban J connectivity index is 4.32. The van der Waals surface area contributed by atoms with E-state index in [4.69, 9.17) is 0 Å². The number of nitrogens with one attached hydrogen (secondary N) is 1. The molecule has 0 fully saturated rings. The van der Waals surface area contributed by atoms with Crippen molar-refractivity contribution in [3.05, 3.63) is 0 Å². The van der Waals surface area contributed by atoms with Gasteiger partial charge in [-0.3, -0.25) is 9.59 Å². The van der Waals surface area contributed by atoms with Gasteiger partial charge < -0.3 is 10.2 Å². The van der Waals surface area contributed by atoms with Crippen molar-refractivity contribution in [1.82, 2.24) is 10.2 Å². The van der Waals surface area contributed by atoms with Gasteiger partial charge in [0.25, 0.3) is 0 Å². The van der Waals surface area contributed by atoms with Crippen molar-refractivity contribution in [2.24, 2.45) is 5.41 Å². The van der Waals surface area contributed by atoms with Crippen molar-refractivity contribution in [2.75, 3.05) is 13.6 Å². The van der Waals surface area contributed by atoms with E-state index in [-0.39, 0.29) is 11.8 Å². The summed E-state index contributed by atoms with van der Waals surface area (Å²) in [4.78, 5) is 24.8. The molecule has 0 aromatic heterocycles. The minimum Gasteiger partial charge on any atom is -0.344 e. The zero-order valence-corrected chi connectivity index (χ0v) is 10.5. The number of hydrogen-bond donors (Lipinski definition) is 1. The smallest absolute Gasteiger partial charge is 0.244 e. The lowest BCUT2D eigenvalue weighted by Gasteiger charge is -2.24. The Kier molecular flexibility index (Phi) is 4.78. The van der Waals surface area contributed by atoms with Gasteiger partial charge in [0.05, 0.1) is 0 Å². The summed E-state index contributed by atoms with van der Waals surface area (Å²) in [5, 5.41) is 2.70. The molecule has 0 heterocycles. The first-order chi connectivity index (χ1) is 6.70. The van der Waals surface area contributed by atoms with Crippen LogP contribution in [0.25, 0.3) is 0 Å². The van der Waals surface area contributed by atoms with Gasteiger partial charge in [0, 0.05) is 19.0 Å². The standard InChI is InChI=1S/C11H22N2O2/c1-7-13(6)9(14)8(2)12-10(15)11(3,4)5/h8H,7H2,1-6H3,(H,12,15). The van der Waals surface area contributed by atoms with Crippen molar-refractivity contribution >= 4 is 11.8 Å². The highest BCUT2D eigenvalue weighted by Crippen LogP contribution is 2.12. The van der Waals surface area contributed by atoms with Gasteiger partial charge in [-0.15, -0.1) is 0 Å². The third-order valence-corrected chi connectivity index (χ3v) is 2.25. The number of nitrogens with zero attached hydrogens (tertiary/aromatic N) is 1. The maximum atomic E-state index is 11.6. The fourth-order valence-corrected chi connectivity index (χ4v) is 0.961. The second-order valence-corrected chi connectivity index (χ2v) is 4.80. The van der Waals surface area contributed by atoms with Crippen molar-refractivity contribution in [3.8, 4) is 0 Å². The van der Waals surface area contributed by atoms with Gasteiger partial charge in [-0.2, -0.15) is 0 Å². The van der Waals surface area contributed by atoms with E-state index in [2.05, 4.69) is 5.32 Å². The second kappa shape index (κ2) is 5.14. The molecule has 88 valence electrons. The van der Waals surface area contributed by atoms with Gasteiger partial charge in [-0.05, 0) is 13.8 Å². The minimum absolute atomic E-state index is 0.0601. The summed E-state index contributed by atoms with van der Waals surface area (Å²) in [6.07, 6.45) is 0. The maximum absolute atomic E-state index is 11.6. The predicted molar refractivity (Wildman–Crippen MR) is 60.4 cm³/mol. The third-order valence-electron chi connectivity index (χ3n) is 2.25. The van der Waals surface area contributed by atoms with Crippen LogP contribution < -0.4 is 5.32 Å². The van der Waals surface area contributed by atoms with Crippen LogP contribution in [-0.2, 0) is 9.59 Å². The second-order valence-electron chi connectivity index (χ2n) is 4.80. The van der Waals surface area contributed by atoms with Crippen LogP contribution >= 0.6 is 0 Å². The topological polar surface area (TPSA) is 49.4 Å². The Morgan fingerprint density at radius 1 is 1.33 bits per heavy atom. The molecule has 0 saturated carbocycles. The maximum Gasteiger partial charge on any atom is 0.244 e. The summed E-state index contributed by atoms with van der Waals surface area (Å²) in [6, 6.07) is -0.457. The van der Waals surface area contributed by atoms with Gasteiger partial charge in [0.1, 0.15) is 6.04 Å². The monoisotopic (exact) mass is 214 g/mol. The first-order valence-corrected chi connectivity index (χ1v) is 5.26. The van der Waals surface area contributed by atoms with E-state index >= 15 is 0 Å². The lowest BCUT2D eigenvalue weighted by molar-refractivity contribution is -0.137. The highest BCUT2D eigenvalue weighted by Gasteiger charge is 2.25. The number of carbonyl (C=O) groups is 2. The van der Waals surface area contributed by atoms with Gasteiger partial charge in [0.2, 0.25) is 11.8 Å². The van der Waals surface area contributed by atoms with Crippen molar-refractivity contribution < 1.29 is 9.59 Å². The molecule has 0 saturated heterocycles. The van der Waals surface area contributed by atoms with Crippen LogP contribution in [0.4, 0.5) is 0 Å². The lowest BCUT2D eigenvalue weighted by atomic mass is 9.95. The summed E-state index contributed by atoms with van der Waals surface area (Å²) in [5.41, 5.74) is -0.459. The highest BCUT2D eigenvalue weighted by molar-refractivity contribution is 5.89. The molecule has 0 rings (SSSR count). The first-order valence-electron chi connectivity index (χ1n) is 5.26. The van der Waals surface area contributed by atoms with Crippen molar-refractivity contribution in [3.63, 3.8) is 0 Å². The van der Waals surface area contributed by atoms with Crippen LogP contribution in [0.1, 0.15) is 34.6 Å². The van der Waals surface area contributed by atoms with Gasteiger partial charge in [-0.25, -0.2) is 0 Å². The van der Waals surface area contributed by atoms with Crippen LogP contribution in [0.2, 0.25) is 0 Å². The molecule has 4 heteroatoms. The Morgan fingerprint density at radius 3 is 2.13 bits per heavy atom. The first kappa shape index (κ1) is 13.9. The van der Waals surface area contributed by atoms with E-state index < -0.39 is 11.5 Å². The molecule has 0 aromatic rings. The zero-order valence-electron chi connectivity index (χ0n) is 10.5. The average molecular weight is 214 g/mol. The molecule has 0 aromatic carbocycles. The van der Waals surface area contributed by atoms with E-state index in [1.807, 2.05) is 27.7 Å². The molecular formula is C11H22N2O2. The zero-order chi connectivity index (χ0) is 12.2. The summed E-state index contributed by atoms with van der Waals surface area (Å²) in [6.45, 7) is 9.72. The summed E-state index contributed by atoms with van der Waals surface area (Å²) in [7, 11) is 1.72. The lowest BCUT2D eigenvalue weighted by Crippen LogP contribution is -2.48. The molecule has 15 heavy (non-hydrogen) atoms. The Hall–Kier alpha value is -1.06. The molecule has 1 atom stereocenters. The van der Waals surface area contributed by atoms with Gasteiger partial charge in [-0.1, -0.05) is 20.8 Å². The summed E-state index contributed by atoms with van der Waals surface area (Å²) in [5.74, 6) is -0.164. The summed E-state index contributed by atoms with van der Waals surface area (Å²) >= 11 is 0. The normalized spacial score (nSPS) is 13.2. The van der Waals surface area contributed by atoms with E-state index in [9.17, 15) is 9.59 Å². The van der Waals surface area contributed by atoms with Crippen LogP contribution in [0.5, 0.6) is 0 Å².